The van der Waals surface area contributed by atoms with E-state index in [1.54, 1.807) is 41.2 Å². The number of hydrogen-bond acceptors (Lipinski definition) is 7. The van der Waals surface area contributed by atoms with Crippen molar-refractivity contribution >= 4 is 23.4 Å². The van der Waals surface area contributed by atoms with Crippen molar-refractivity contribution in [3.63, 3.8) is 0 Å². The summed E-state index contributed by atoms with van der Waals surface area (Å²) >= 11 is 6.43. The number of pyridine rings is 1. The fourth-order valence-corrected chi connectivity index (χ4v) is 5.08. The Labute approximate surface area is 233 Å². The van der Waals surface area contributed by atoms with Gasteiger partial charge in [-0.1, -0.05) is 37.8 Å². The first kappa shape index (κ1) is 28.5. The van der Waals surface area contributed by atoms with Crippen molar-refractivity contribution in [1.29, 1.82) is 0 Å². The van der Waals surface area contributed by atoms with E-state index in [2.05, 4.69) is 10.3 Å². The SMILES string of the molecule is CCCCNC(=O)C(N)C(=O)N(CCn1nc(-c2ccncc2)nc1-c1ccc(OC)c(Cl)c1)C1CCCC1. The Balaban J connectivity index is 1.61. The lowest BCUT2D eigenvalue weighted by atomic mass is 10.1. The van der Waals surface area contributed by atoms with E-state index >= 15 is 0 Å². The zero-order valence-corrected chi connectivity index (χ0v) is 23.2. The third kappa shape index (κ3) is 6.93. The lowest BCUT2D eigenvalue weighted by molar-refractivity contribution is -0.140. The first-order chi connectivity index (χ1) is 18.9. The van der Waals surface area contributed by atoms with E-state index in [9.17, 15) is 9.59 Å². The highest BCUT2D eigenvalue weighted by molar-refractivity contribution is 6.32. The minimum absolute atomic E-state index is 0.0362. The Kier molecular flexibility index (Phi) is 9.89. The zero-order valence-electron chi connectivity index (χ0n) is 22.5. The van der Waals surface area contributed by atoms with Crippen LogP contribution in [-0.4, -0.2) is 68.7 Å². The molecule has 3 N–H and O–H groups in total. The average Bonchev–Trinajstić information content (AvgIpc) is 3.64. The van der Waals surface area contributed by atoms with Gasteiger partial charge in [0.15, 0.2) is 17.7 Å². The molecule has 0 spiro atoms. The average molecular weight is 554 g/mol. The van der Waals surface area contributed by atoms with Crippen molar-refractivity contribution in [2.75, 3.05) is 20.2 Å². The van der Waals surface area contributed by atoms with E-state index in [4.69, 9.17) is 32.2 Å². The molecule has 1 saturated carbocycles. The number of aromatic nitrogens is 4. The second kappa shape index (κ2) is 13.5. The number of benzene rings is 1. The van der Waals surface area contributed by atoms with Crippen molar-refractivity contribution in [2.24, 2.45) is 5.73 Å². The summed E-state index contributed by atoms with van der Waals surface area (Å²) in [6, 6.07) is 7.92. The van der Waals surface area contributed by atoms with Gasteiger partial charge in [0.25, 0.3) is 0 Å². The Morgan fingerprint density at radius 3 is 2.62 bits per heavy atom. The molecule has 2 aromatic heterocycles. The molecule has 1 unspecified atom stereocenters. The van der Waals surface area contributed by atoms with Crippen molar-refractivity contribution < 1.29 is 14.3 Å². The van der Waals surface area contributed by atoms with Crippen LogP contribution in [0.2, 0.25) is 5.02 Å². The molecule has 1 aliphatic carbocycles. The number of unbranched alkanes of at least 4 members (excludes halogenated alkanes) is 1. The van der Waals surface area contributed by atoms with Gasteiger partial charge in [-0.05, 0) is 49.6 Å². The van der Waals surface area contributed by atoms with Crippen LogP contribution in [0.4, 0.5) is 0 Å². The second-order valence-corrected chi connectivity index (χ2v) is 10.1. The normalized spacial score (nSPS) is 14.3. The third-order valence-electron chi connectivity index (χ3n) is 7.00. The minimum atomic E-state index is -1.24. The number of methoxy groups -OCH3 is 1. The van der Waals surface area contributed by atoms with Gasteiger partial charge in [0.2, 0.25) is 11.8 Å². The van der Waals surface area contributed by atoms with Crippen molar-refractivity contribution in [2.45, 2.75) is 64.1 Å². The highest BCUT2D eigenvalue weighted by Gasteiger charge is 2.33. The molecule has 1 atom stereocenters. The Hall–Kier alpha value is -3.50. The molecule has 1 fully saturated rings. The minimum Gasteiger partial charge on any atom is -0.495 e. The van der Waals surface area contributed by atoms with Gasteiger partial charge in [-0.3, -0.25) is 14.6 Å². The summed E-state index contributed by atoms with van der Waals surface area (Å²) in [5.74, 6) is 0.895. The third-order valence-corrected chi connectivity index (χ3v) is 7.29. The molecule has 2 amide bonds. The van der Waals surface area contributed by atoms with Gasteiger partial charge in [0.1, 0.15) is 5.75 Å². The first-order valence-electron chi connectivity index (χ1n) is 13.5. The second-order valence-electron chi connectivity index (χ2n) is 9.66. The van der Waals surface area contributed by atoms with Crippen LogP contribution in [0.1, 0.15) is 45.4 Å². The fourth-order valence-electron chi connectivity index (χ4n) is 4.82. The molecule has 10 nitrogen and oxygen atoms in total. The van der Waals surface area contributed by atoms with Gasteiger partial charge in [-0.2, -0.15) is 5.10 Å². The molecular weight excluding hydrogens is 518 g/mol. The van der Waals surface area contributed by atoms with Crippen LogP contribution >= 0.6 is 11.6 Å². The largest absolute Gasteiger partial charge is 0.495 e. The Bertz CT molecular complexity index is 1260. The summed E-state index contributed by atoms with van der Waals surface area (Å²) in [5, 5.41) is 8.01. The van der Waals surface area contributed by atoms with Gasteiger partial charge in [-0.25, -0.2) is 9.67 Å². The number of nitrogens with two attached hydrogens (primary N) is 1. The lowest BCUT2D eigenvalue weighted by Crippen LogP contribution is -2.55. The molecule has 2 heterocycles. The molecule has 1 aliphatic rings. The molecule has 208 valence electrons. The van der Waals surface area contributed by atoms with E-state index in [0.29, 0.717) is 42.1 Å². The van der Waals surface area contributed by atoms with Crippen molar-refractivity contribution in [1.82, 2.24) is 30.0 Å². The summed E-state index contributed by atoms with van der Waals surface area (Å²) in [5.41, 5.74) is 7.74. The first-order valence-corrected chi connectivity index (χ1v) is 13.8. The molecule has 1 aromatic carbocycles. The summed E-state index contributed by atoms with van der Waals surface area (Å²) < 4.78 is 7.08. The maximum absolute atomic E-state index is 13.5. The van der Waals surface area contributed by atoms with Gasteiger partial charge in [-0.15, -0.1) is 0 Å². The van der Waals surface area contributed by atoms with Crippen molar-refractivity contribution in [3.8, 4) is 28.5 Å². The van der Waals surface area contributed by atoms with Gasteiger partial charge < -0.3 is 20.7 Å². The number of carbonyl (C=O) groups excluding carboxylic acids is 2. The topological polar surface area (TPSA) is 128 Å². The van der Waals surface area contributed by atoms with Crippen LogP contribution in [0.25, 0.3) is 22.8 Å². The summed E-state index contributed by atoms with van der Waals surface area (Å²) in [7, 11) is 1.56. The number of halogens is 1. The Morgan fingerprint density at radius 1 is 1.21 bits per heavy atom. The highest BCUT2D eigenvalue weighted by Crippen LogP contribution is 2.31. The summed E-state index contributed by atoms with van der Waals surface area (Å²) in [4.78, 5) is 36.7. The van der Waals surface area contributed by atoms with E-state index < -0.39 is 11.9 Å². The molecule has 0 radical (unpaired) electrons. The van der Waals surface area contributed by atoms with E-state index in [1.165, 1.54) is 0 Å². The number of nitrogens with one attached hydrogen (secondary N) is 1. The number of amides is 2. The van der Waals surface area contributed by atoms with Crippen LogP contribution in [0, 0.1) is 0 Å². The highest BCUT2D eigenvalue weighted by atomic mass is 35.5. The number of rotatable bonds is 12. The van der Waals surface area contributed by atoms with Crippen LogP contribution < -0.4 is 15.8 Å². The number of ether oxygens (including phenoxy) is 1. The molecule has 0 saturated heterocycles. The lowest BCUT2D eigenvalue weighted by Gasteiger charge is -2.31. The van der Waals surface area contributed by atoms with Gasteiger partial charge in [0, 0.05) is 42.7 Å². The summed E-state index contributed by atoms with van der Waals surface area (Å²) in [6.45, 7) is 3.25. The number of carbonyl (C=O) groups is 2. The predicted octanol–water partition coefficient (Wildman–Crippen LogP) is 3.68. The van der Waals surface area contributed by atoms with Gasteiger partial charge >= 0.3 is 0 Å². The van der Waals surface area contributed by atoms with Crippen LogP contribution in [0.15, 0.2) is 42.7 Å². The molecule has 0 bridgehead atoms. The number of hydrogen-bond donors (Lipinski definition) is 2. The smallest absolute Gasteiger partial charge is 0.249 e. The predicted molar refractivity (Wildman–Crippen MR) is 150 cm³/mol. The van der Waals surface area contributed by atoms with Crippen LogP contribution in [0.3, 0.4) is 0 Å². The van der Waals surface area contributed by atoms with E-state index in [1.807, 2.05) is 25.1 Å². The molecule has 4 rings (SSSR count). The van der Waals surface area contributed by atoms with Crippen molar-refractivity contribution in [3.05, 3.63) is 47.7 Å². The molecular formula is C28H36ClN7O3. The zero-order chi connectivity index (χ0) is 27.8. The quantitative estimate of drug-likeness (QED) is 0.258. The van der Waals surface area contributed by atoms with E-state index in [-0.39, 0.29) is 11.9 Å². The maximum atomic E-state index is 13.5. The molecule has 11 heteroatoms. The van der Waals surface area contributed by atoms with Crippen LogP contribution in [0.5, 0.6) is 5.75 Å². The van der Waals surface area contributed by atoms with Crippen LogP contribution in [-0.2, 0) is 16.1 Å². The fraction of sp³-hybridized carbons (Fsp3) is 0.464. The number of nitrogens with zero attached hydrogens (tertiary/aromatic N) is 5. The monoisotopic (exact) mass is 553 g/mol. The molecule has 3 aromatic rings. The maximum Gasteiger partial charge on any atom is 0.249 e. The molecule has 0 aliphatic heterocycles. The molecule has 39 heavy (non-hydrogen) atoms. The summed E-state index contributed by atoms with van der Waals surface area (Å²) in [6.07, 6.45) is 9.00. The van der Waals surface area contributed by atoms with Gasteiger partial charge in [0.05, 0.1) is 18.7 Å². The van der Waals surface area contributed by atoms with E-state index in [0.717, 1.165) is 49.7 Å². The standard InChI is InChI=1S/C28H36ClN7O3/c1-3-4-13-32-27(37)24(30)28(38)35(21-7-5-6-8-21)16-17-36-26(20-9-10-23(39-2)22(29)18-20)33-25(34-36)19-11-14-31-15-12-19/h9-12,14-15,18,21,24H,3-8,13,16-17,30H2,1-2H3,(H,32,37). The Morgan fingerprint density at radius 2 is 1.95 bits per heavy atom.